The van der Waals surface area contributed by atoms with Crippen LogP contribution in [0.15, 0.2) is 5.11 Å². The van der Waals surface area contributed by atoms with E-state index in [0.29, 0.717) is 19.8 Å². The average Bonchev–Trinajstić information content (AvgIpc) is 3.39. The fourth-order valence-corrected chi connectivity index (χ4v) is 9.41. The summed E-state index contributed by atoms with van der Waals surface area (Å²) < 4.78 is 25.6. The van der Waals surface area contributed by atoms with E-state index in [4.69, 9.17) is 18.6 Å². The Morgan fingerprint density at radius 1 is 1.08 bits per heavy atom. The quantitative estimate of drug-likeness (QED) is 0.120. The second-order valence-electron chi connectivity index (χ2n) is 14.1. The summed E-state index contributed by atoms with van der Waals surface area (Å²) >= 11 is 0. The Morgan fingerprint density at radius 3 is 2.32 bits per heavy atom. The normalized spacial score (nSPS) is 39.7. The van der Waals surface area contributed by atoms with Crippen molar-refractivity contribution in [2.75, 3.05) is 19.8 Å². The minimum absolute atomic E-state index is 0.115. The molecule has 0 amide bonds. The lowest BCUT2D eigenvalue weighted by atomic mass is 9.51. The summed E-state index contributed by atoms with van der Waals surface area (Å²) in [5.74, 6) is -0.224. The molecule has 0 aromatic rings. The molecular weight excluding hydrogens is 486 g/mol. The summed E-state index contributed by atoms with van der Waals surface area (Å²) in [5.41, 5.74) is 8.92. The van der Waals surface area contributed by atoms with E-state index in [1.54, 1.807) is 0 Å². The Hall–Kier alpha value is -1.12. The molecule has 1 heterocycles. The number of carbonyl (C=O) groups is 1. The van der Waals surface area contributed by atoms with Crippen LogP contribution in [-0.2, 0) is 23.4 Å². The van der Waals surface area contributed by atoms with E-state index in [9.17, 15) is 10.3 Å². The lowest BCUT2D eigenvalue weighted by Crippen LogP contribution is -2.58. The Labute approximate surface area is 224 Å². The number of rotatable bonds is 6. The van der Waals surface area contributed by atoms with Crippen LogP contribution in [0, 0.1) is 28.6 Å². The van der Waals surface area contributed by atoms with E-state index in [2.05, 4.69) is 57.7 Å². The van der Waals surface area contributed by atoms with Gasteiger partial charge >= 0.3 is 5.97 Å². The van der Waals surface area contributed by atoms with Crippen LogP contribution in [0.5, 0.6) is 0 Å². The van der Waals surface area contributed by atoms with Gasteiger partial charge in [-0.1, -0.05) is 39.7 Å². The number of azide groups is 1. The Bertz CT molecular complexity index is 910. The predicted octanol–water partition coefficient (Wildman–Crippen LogP) is 6.99. The van der Waals surface area contributed by atoms with Gasteiger partial charge in [0.05, 0.1) is 13.2 Å². The van der Waals surface area contributed by atoms with Crippen molar-refractivity contribution in [2.45, 2.75) is 123 Å². The van der Waals surface area contributed by atoms with Crippen LogP contribution in [0.1, 0.15) is 86.5 Å². The summed E-state index contributed by atoms with van der Waals surface area (Å²) in [6.45, 7) is 19.3. The lowest BCUT2D eigenvalue weighted by molar-refractivity contribution is -0.252. The van der Waals surface area contributed by atoms with Crippen LogP contribution in [0.25, 0.3) is 10.4 Å². The smallest absolute Gasteiger partial charge is 0.302 e. The second kappa shape index (κ2) is 10.1. The molecule has 210 valence electrons. The third-order valence-corrected chi connectivity index (χ3v) is 15.8. The number of esters is 1. The molecule has 37 heavy (non-hydrogen) atoms. The molecule has 4 aliphatic rings. The van der Waals surface area contributed by atoms with Crippen molar-refractivity contribution in [1.29, 1.82) is 0 Å². The molecule has 9 heteroatoms. The van der Waals surface area contributed by atoms with Gasteiger partial charge < -0.3 is 18.6 Å². The molecule has 2 unspecified atom stereocenters. The first-order valence-electron chi connectivity index (χ1n) is 14.3. The zero-order chi connectivity index (χ0) is 27.3. The second-order valence-corrected chi connectivity index (χ2v) is 18.9. The monoisotopic (exact) mass is 535 g/mol. The molecule has 1 aliphatic heterocycles. The molecule has 3 aliphatic carbocycles. The van der Waals surface area contributed by atoms with E-state index < -0.39 is 14.1 Å². The molecule has 8 nitrogen and oxygen atoms in total. The largest absolute Gasteiger partial charge is 0.462 e. The van der Waals surface area contributed by atoms with Gasteiger partial charge in [0.25, 0.3) is 0 Å². The molecule has 1 saturated heterocycles. The summed E-state index contributed by atoms with van der Waals surface area (Å²) in [6.07, 6.45) is 6.51. The third-order valence-electron chi connectivity index (χ3n) is 11.3. The van der Waals surface area contributed by atoms with Crippen molar-refractivity contribution in [3.05, 3.63) is 10.4 Å². The standard InChI is InChI=1S/C28H49N3O5Si/c1-19(32)35-24-22(10-13-27(6)23(24)11-14-28(27)33-15-16-34-28)26(5)12-9-21(17-20(26)18-30-31-29)36-37(7,8)25(2,3)4/h20-24H,9-18H2,1-8H3/t20-,21+,22?,23?,24-,26+,27+/m1/s1. The number of fused-ring (bicyclic) bond motifs is 2. The van der Waals surface area contributed by atoms with E-state index in [1.165, 1.54) is 6.92 Å². The molecule has 4 fully saturated rings. The highest BCUT2D eigenvalue weighted by Gasteiger charge is 2.67. The molecule has 0 aromatic carbocycles. The van der Waals surface area contributed by atoms with Gasteiger partial charge in [-0.2, -0.15) is 0 Å². The fourth-order valence-electron chi connectivity index (χ4n) is 8.01. The van der Waals surface area contributed by atoms with E-state index in [-0.39, 0.29) is 51.8 Å². The fraction of sp³-hybridized carbons (Fsp3) is 0.964. The SMILES string of the molecule is CC(=O)O[C@H]1C2CCC3(OCCO3)[C@@]2(C)CCC1[C@@]1(C)CC[C@H](O[Si](C)(C)C(C)(C)C)C[C@@H]1CN=[N+]=[N-]. The Morgan fingerprint density at radius 2 is 1.73 bits per heavy atom. The predicted molar refractivity (Wildman–Crippen MR) is 145 cm³/mol. The molecule has 0 aromatic heterocycles. The maximum absolute atomic E-state index is 12.4. The zero-order valence-corrected chi connectivity index (χ0v) is 25.3. The number of ether oxygens (including phenoxy) is 3. The maximum Gasteiger partial charge on any atom is 0.302 e. The maximum atomic E-state index is 12.4. The highest BCUT2D eigenvalue weighted by Crippen LogP contribution is 2.65. The zero-order valence-electron chi connectivity index (χ0n) is 24.3. The van der Waals surface area contributed by atoms with E-state index in [1.807, 2.05) is 0 Å². The molecule has 4 rings (SSSR count). The number of nitrogens with zero attached hydrogens (tertiary/aromatic N) is 3. The lowest BCUT2D eigenvalue weighted by Gasteiger charge is -2.57. The topological polar surface area (TPSA) is 103 Å². The van der Waals surface area contributed by atoms with Gasteiger partial charge in [-0.15, -0.1) is 0 Å². The first-order chi connectivity index (χ1) is 17.2. The first kappa shape index (κ1) is 28.9. The Kier molecular flexibility index (Phi) is 7.90. The molecule has 0 bridgehead atoms. The van der Waals surface area contributed by atoms with Gasteiger partial charge in [0, 0.05) is 48.2 Å². The van der Waals surface area contributed by atoms with Crippen molar-refractivity contribution in [2.24, 2.45) is 33.7 Å². The molecule has 3 saturated carbocycles. The summed E-state index contributed by atoms with van der Waals surface area (Å²) in [5, 5.41) is 4.22. The average molecular weight is 536 g/mol. The van der Waals surface area contributed by atoms with Crippen molar-refractivity contribution < 1.29 is 23.4 Å². The summed E-state index contributed by atoms with van der Waals surface area (Å²) in [4.78, 5) is 15.6. The number of hydrogen-bond acceptors (Lipinski definition) is 6. The highest BCUT2D eigenvalue weighted by atomic mass is 28.4. The van der Waals surface area contributed by atoms with E-state index >= 15 is 0 Å². The number of hydrogen-bond donors (Lipinski definition) is 0. The van der Waals surface area contributed by atoms with Crippen LogP contribution in [0.3, 0.4) is 0 Å². The highest BCUT2D eigenvalue weighted by molar-refractivity contribution is 6.74. The summed E-state index contributed by atoms with van der Waals surface area (Å²) in [6, 6.07) is 0. The van der Waals surface area contributed by atoms with Crippen molar-refractivity contribution in [3.8, 4) is 0 Å². The minimum Gasteiger partial charge on any atom is -0.462 e. The van der Waals surface area contributed by atoms with Crippen molar-refractivity contribution in [1.82, 2.24) is 0 Å². The molecule has 1 spiro atoms. The third kappa shape index (κ3) is 4.99. The number of carbonyl (C=O) groups excluding carboxylic acids is 1. The summed E-state index contributed by atoms with van der Waals surface area (Å²) in [7, 11) is -1.92. The first-order valence-corrected chi connectivity index (χ1v) is 17.2. The molecular formula is C28H49N3O5Si. The Balaban J connectivity index is 1.62. The van der Waals surface area contributed by atoms with Gasteiger partial charge in [0.1, 0.15) is 6.10 Å². The van der Waals surface area contributed by atoms with Gasteiger partial charge in [0.15, 0.2) is 14.1 Å². The van der Waals surface area contributed by atoms with Crippen molar-refractivity contribution >= 4 is 14.3 Å². The minimum atomic E-state index is -1.92. The van der Waals surface area contributed by atoms with E-state index in [0.717, 1.165) is 44.9 Å². The molecule has 0 N–H and O–H groups in total. The van der Waals surface area contributed by atoms with Crippen LogP contribution < -0.4 is 0 Å². The molecule has 7 atom stereocenters. The van der Waals surface area contributed by atoms with Crippen LogP contribution in [-0.4, -0.2) is 52.0 Å². The van der Waals surface area contributed by atoms with Gasteiger partial charge in [0.2, 0.25) is 0 Å². The van der Waals surface area contributed by atoms with Crippen LogP contribution in [0.4, 0.5) is 0 Å². The van der Waals surface area contributed by atoms with Crippen molar-refractivity contribution in [3.63, 3.8) is 0 Å². The van der Waals surface area contributed by atoms with Gasteiger partial charge in [-0.05, 0) is 73.5 Å². The van der Waals surface area contributed by atoms with Crippen LogP contribution in [0.2, 0.25) is 18.1 Å². The molecule has 0 radical (unpaired) electrons. The van der Waals surface area contributed by atoms with Gasteiger partial charge in [-0.3, -0.25) is 4.79 Å². The van der Waals surface area contributed by atoms with Crippen LogP contribution >= 0.6 is 0 Å². The van der Waals surface area contributed by atoms with Gasteiger partial charge in [-0.25, -0.2) is 0 Å².